The highest BCUT2D eigenvalue weighted by Crippen LogP contribution is 2.35. The zero-order valence-electron chi connectivity index (χ0n) is 9.96. The van der Waals surface area contributed by atoms with Crippen molar-refractivity contribution < 1.29 is 33.5 Å². The lowest BCUT2D eigenvalue weighted by Crippen LogP contribution is -2.08. The summed E-state index contributed by atoms with van der Waals surface area (Å²) in [5, 5.41) is 8.19. The van der Waals surface area contributed by atoms with Gasteiger partial charge < -0.3 is 19.6 Å². The maximum absolute atomic E-state index is 10.5. The fourth-order valence-electron chi connectivity index (χ4n) is 0.472. The molecule has 0 saturated heterocycles. The molecule has 0 rings (SSSR count). The summed E-state index contributed by atoms with van der Waals surface area (Å²) < 4.78 is 18.4. The summed E-state index contributed by atoms with van der Waals surface area (Å²) >= 11 is 0. The van der Waals surface area contributed by atoms with Crippen LogP contribution in [0.1, 0.15) is 20.3 Å². The van der Waals surface area contributed by atoms with Gasteiger partial charge in [-0.3, -0.25) is 4.52 Å². The molecule has 0 aromatic rings. The average Bonchev–Trinajstić information content (AvgIpc) is 2.22. The van der Waals surface area contributed by atoms with Crippen molar-refractivity contribution in [2.45, 2.75) is 20.3 Å². The summed E-state index contributed by atoms with van der Waals surface area (Å²) in [5.41, 5.74) is 0.350. The number of hydrogen-bond donors (Lipinski definition) is 3. The first-order valence-electron chi connectivity index (χ1n) is 4.88. The van der Waals surface area contributed by atoms with Crippen molar-refractivity contribution in [3.8, 4) is 0 Å². The van der Waals surface area contributed by atoms with E-state index in [1.807, 2.05) is 0 Å². The summed E-state index contributed by atoms with van der Waals surface area (Å²) in [6.45, 7) is 6.70. The molecule has 0 aromatic carbocycles. The van der Waals surface area contributed by atoms with Crippen molar-refractivity contribution in [2.24, 2.45) is 0 Å². The molecule has 0 aliphatic rings. The largest absolute Gasteiger partial charge is 0.469 e. The van der Waals surface area contributed by atoms with E-state index in [0.717, 1.165) is 0 Å². The summed E-state index contributed by atoms with van der Waals surface area (Å²) in [5.74, 6) is -0.455. The second-order valence-electron chi connectivity index (χ2n) is 2.96. The third-order valence-corrected chi connectivity index (χ3v) is 1.66. The molecule has 0 aliphatic heterocycles. The van der Waals surface area contributed by atoms with Gasteiger partial charge >= 0.3 is 13.8 Å². The number of aliphatic hydroxyl groups excluding tert-OH is 1. The van der Waals surface area contributed by atoms with E-state index in [2.05, 4.69) is 15.8 Å². The predicted octanol–water partition coefficient (Wildman–Crippen LogP) is 0.604. The molecular formula is C9H19O7P. The highest BCUT2D eigenvalue weighted by Gasteiger charge is 2.11. The number of phosphoric acid groups is 1. The minimum absolute atomic E-state index is 0.0473. The first-order chi connectivity index (χ1) is 7.74. The molecule has 0 spiro atoms. The molecule has 8 heteroatoms. The smallest absolute Gasteiger partial charge is 0.460 e. The van der Waals surface area contributed by atoms with Gasteiger partial charge in [0.15, 0.2) is 0 Å². The molecular weight excluding hydrogens is 251 g/mol. The maximum Gasteiger partial charge on any atom is 0.469 e. The molecule has 102 valence electrons. The highest BCUT2D eigenvalue weighted by molar-refractivity contribution is 7.46. The molecule has 7 nitrogen and oxygen atoms in total. The Kier molecular flexibility index (Phi) is 11.4. The van der Waals surface area contributed by atoms with E-state index in [-0.39, 0.29) is 19.8 Å². The third-order valence-electron chi connectivity index (χ3n) is 1.14. The zero-order valence-corrected chi connectivity index (χ0v) is 10.9. The van der Waals surface area contributed by atoms with Crippen LogP contribution in [0.15, 0.2) is 12.2 Å². The fraction of sp³-hybridized carbons (Fsp3) is 0.667. The minimum Gasteiger partial charge on any atom is -0.460 e. The van der Waals surface area contributed by atoms with Crippen LogP contribution in [-0.4, -0.2) is 40.7 Å². The van der Waals surface area contributed by atoms with Gasteiger partial charge in [-0.1, -0.05) is 13.5 Å². The van der Waals surface area contributed by atoms with Gasteiger partial charge in [0, 0.05) is 5.57 Å². The molecule has 0 bridgehead atoms. The van der Waals surface area contributed by atoms with E-state index < -0.39 is 13.8 Å². The number of esters is 1. The van der Waals surface area contributed by atoms with E-state index in [4.69, 9.17) is 14.9 Å². The summed E-state index contributed by atoms with van der Waals surface area (Å²) in [6, 6.07) is 0. The quantitative estimate of drug-likeness (QED) is 0.368. The van der Waals surface area contributed by atoms with Crippen molar-refractivity contribution in [2.75, 3.05) is 19.8 Å². The van der Waals surface area contributed by atoms with E-state index in [9.17, 15) is 9.36 Å². The van der Waals surface area contributed by atoms with Crippen LogP contribution < -0.4 is 0 Å². The number of ether oxygens (including phenoxy) is 1. The van der Waals surface area contributed by atoms with Gasteiger partial charge in [0.25, 0.3) is 0 Å². The van der Waals surface area contributed by atoms with Crippen molar-refractivity contribution in [1.82, 2.24) is 0 Å². The normalized spacial score (nSPS) is 10.2. The molecule has 17 heavy (non-hydrogen) atoms. The van der Waals surface area contributed by atoms with Crippen LogP contribution in [0.5, 0.6) is 0 Å². The van der Waals surface area contributed by atoms with E-state index >= 15 is 0 Å². The summed E-state index contributed by atoms with van der Waals surface area (Å²) in [7, 11) is -4.18. The van der Waals surface area contributed by atoms with Crippen LogP contribution in [0.4, 0.5) is 0 Å². The second kappa shape index (κ2) is 10.4. The Morgan fingerprint density at radius 1 is 1.35 bits per heavy atom. The lowest BCUT2D eigenvalue weighted by Gasteiger charge is -2.00. The third kappa shape index (κ3) is 17.9. The van der Waals surface area contributed by atoms with Gasteiger partial charge in [-0.2, -0.15) is 0 Å². The van der Waals surface area contributed by atoms with Crippen LogP contribution in [0, 0.1) is 0 Å². The summed E-state index contributed by atoms with van der Waals surface area (Å²) in [4.78, 5) is 26.5. The molecule has 0 aliphatic carbocycles. The molecule has 0 saturated carbocycles. The molecule has 0 aromatic heterocycles. The van der Waals surface area contributed by atoms with Crippen LogP contribution in [0.25, 0.3) is 0 Å². The Hall–Kier alpha value is -0.720. The predicted molar refractivity (Wildman–Crippen MR) is 61.1 cm³/mol. The average molecular weight is 270 g/mol. The lowest BCUT2D eigenvalue weighted by molar-refractivity contribution is -0.139. The first-order valence-corrected chi connectivity index (χ1v) is 6.41. The van der Waals surface area contributed by atoms with Crippen molar-refractivity contribution in [3.63, 3.8) is 0 Å². The molecule has 0 unspecified atom stereocenters. The molecule has 0 fully saturated rings. The Morgan fingerprint density at radius 2 is 1.88 bits per heavy atom. The lowest BCUT2D eigenvalue weighted by atomic mass is 10.4. The topological polar surface area (TPSA) is 113 Å². The SMILES string of the molecule is C=C(C)C(=O)OCCO.CCCOP(=O)(O)O. The maximum atomic E-state index is 10.5. The van der Waals surface area contributed by atoms with Crippen LogP contribution >= 0.6 is 7.82 Å². The van der Waals surface area contributed by atoms with Gasteiger partial charge in [0.05, 0.1) is 13.2 Å². The number of hydrogen-bond acceptors (Lipinski definition) is 5. The van der Waals surface area contributed by atoms with E-state index in [1.54, 1.807) is 13.8 Å². The first kappa shape index (κ1) is 18.6. The Bertz CT molecular complexity index is 271. The van der Waals surface area contributed by atoms with Gasteiger partial charge in [-0.15, -0.1) is 0 Å². The number of aliphatic hydroxyl groups is 1. The second-order valence-corrected chi connectivity index (χ2v) is 4.20. The highest BCUT2D eigenvalue weighted by atomic mass is 31.2. The van der Waals surface area contributed by atoms with Crippen molar-refractivity contribution in [3.05, 3.63) is 12.2 Å². The van der Waals surface area contributed by atoms with Gasteiger partial charge in [0.1, 0.15) is 6.61 Å². The number of phosphoric ester groups is 1. The summed E-state index contributed by atoms with van der Waals surface area (Å²) in [6.07, 6.45) is 0.616. The van der Waals surface area contributed by atoms with Gasteiger partial charge in [-0.05, 0) is 13.3 Å². The van der Waals surface area contributed by atoms with E-state index in [0.29, 0.717) is 12.0 Å². The van der Waals surface area contributed by atoms with Crippen LogP contribution in [-0.2, 0) is 18.6 Å². The number of rotatable bonds is 6. The zero-order chi connectivity index (χ0) is 13.9. The molecule has 0 amide bonds. The van der Waals surface area contributed by atoms with E-state index in [1.165, 1.54) is 0 Å². The molecule has 3 N–H and O–H groups in total. The number of carbonyl (C=O) groups excluding carboxylic acids is 1. The van der Waals surface area contributed by atoms with Crippen LogP contribution in [0.3, 0.4) is 0 Å². The van der Waals surface area contributed by atoms with Crippen molar-refractivity contribution in [1.29, 1.82) is 0 Å². The standard InChI is InChI=1S/C6H10O3.C3H9O4P/c1-5(2)6(8)9-4-3-7;1-2-3-7-8(4,5)6/h7H,1,3-4H2,2H3;2-3H2,1H3,(H2,4,5,6). The Labute approximate surface area is 100 Å². The Morgan fingerprint density at radius 3 is 2.12 bits per heavy atom. The Balaban J connectivity index is 0. The molecule has 0 atom stereocenters. The van der Waals surface area contributed by atoms with Gasteiger partial charge in [-0.25, -0.2) is 9.36 Å². The minimum atomic E-state index is -4.18. The fourth-order valence-corrected chi connectivity index (χ4v) is 0.892. The van der Waals surface area contributed by atoms with Crippen molar-refractivity contribution >= 4 is 13.8 Å². The molecule has 0 radical (unpaired) electrons. The number of carbonyl (C=O) groups is 1. The monoisotopic (exact) mass is 270 g/mol. The van der Waals surface area contributed by atoms with Gasteiger partial charge in [0.2, 0.25) is 0 Å². The van der Waals surface area contributed by atoms with Crippen LogP contribution in [0.2, 0.25) is 0 Å². The molecule has 0 heterocycles.